The summed E-state index contributed by atoms with van der Waals surface area (Å²) in [6.45, 7) is 4.81. The number of aliphatic hydroxyl groups is 3. The molecule has 3 saturated carbocycles. The highest BCUT2D eigenvalue weighted by molar-refractivity contribution is 5.92. The van der Waals surface area contributed by atoms with Crippen LogP contribution in [0.15, 0.2) is 11.6 Å². The number of carbonyl (C=O) groups is 2. The van der Waals surface area contributed by atoms with Gasteiger partial charge in [0.1, 0.15) is 12.3 Å². The van der Waals surface area contributed by atoms with Gasteiger partial charge in [-0.2, -0.15) is 0 Å². The van der Waals surface area contributed by atoms with Crippen molar-refractivity contribution in [3.8, 4) is 0 Å². The zero-order chi connectivity index (χ0) is 24.0. The maximum Gasteiger partial charge on any atom is 0.193 e. The van der Waals surface area contributed by atoms with E-state index >= 15 is 4.39 Å². The molecule has 4 aliphatic carbocycles. The number of rotatable bonds is 4. The number of hydrogen-bond donors (Lipinski definition) is 3. The number of ether oxygens (including phenoxy) is 2. The number of ketones is 2. The Balaban J connectivity index is 1.61. The molecule has 0 aromatic carbocycles. The van der Waals surface area contributed by atoms with E-state index in [4.69, 9.17) is 9.47 Å². The van der Waals surface area contributed by atoms with Crippen LogP contribution in [0.25, 0.3) is 0 Å². The molecule has 7 nitrogen and oxygen atoms in total. The molecule has 1 heterocycles. The summed E-state index contributed by atoms with van der Waals surface area (Å²) >= 11 is 0. The lowest BCUT2D eigenvalue weighted by Crippen LogP contribution is -2.71. The first-order valence-electron chi connectivity index (χ1n) is 12.3. The predicted octanol–water partition coefficient (Wildman–Crippen LogP) is 2.00. The second-order valence-electron chi connectivity index (χ2n) is 11.3. The van der Waals surface area contributed by atoms with Gasteiger partial charge in [0.15, 0.2) is 23.5 Å². The minimum absolute atomic E-state index is 0.0258. The quantitative estimate of drug-likeness (QED) is 0.581. The number of carbonyl (C=O) groups excluding carboxylic acids is 2. The monoisotopic (exact) mass is 466 g/mol. The van der Waals surface area contributed by atoms with Crippen molar-refractivity contribution in [2.45, 2.75) is 102 Å². The van der Waals surface area contributed by atoms with Crippen molar-refractivity contribution in [1.82, 2.24) is 0 Å². The van der Waals surface area contributed by atoms with Crippen LogP contribution in [0.5, 0.6) is 0 Å². The molecule has 5 rings (SSSR count). The molecular formula is C25H35FO7. The minimum atomic E-state index is -2.06. The number of fused-ring (bicyclic) bond motifs is 7. The third kappa shape index (κ3) is 2.67. The van der Waals surface area contributed by atoms with Crippen LogP contribution in [-0.4, -0.2) is 69.4 Å². The first-order valence-corrected chi connectivity index (χ1v) is 12.3. The summed E-state index contributed by atoms with van der Waals surface area (Å²) in [5.41, 5.74) is -5.30. The average Bonchev–Trinajstić information content (AvgIpc) is 3.24. The predicted molar refractivity (Wildman–Crippen MR) is 115 cm³/mol. The van der Waals surface area contributed by atoms with Crippen LogP contribution in [-0.2, 0) is 19.1 Å². The van der Waals surface area contributed by atoms with Gasteiger partial charge < -0.3 is 24.8 Å². The van der Waals surface area contributed by atoms with Crippen LogP contribution in [0, 0.1) is 22.7 Å². The fourth-order valence-electron chi connectivity index (χ4n) is 8.40. The van der Waals surface area contributed by atoms with Crippen LogP contribution in [0.1, 0.15) is 65.7 Å². The van der Waals surface area contributed by atoms with Crippen molar-refractivity contribution in [2.24, 2.45) is 22.7 Å². The van der Waals surface area contributed by atoms with Crippen molar-refractivity contribution in [1.29, 1.82) is 0 Å². The Labute approximate surface area is 193 Å². The van der Waals surface area contributed by atoms with E-state index in [-0.39, 0.29) is 31.5 Å². The molecule has 0 radical (unpaired) electrons. The van der Waals surface area contributed by atoms with E-state index in [1.807, 2.05) is 13.8 Å². The van der Waals surface area contributed by atoms with Crippen molar-refractivity contribution >= 4 is 11.6 Å². The zero-order valence-corrected chi connectivity index (χ0v) is 19.6. The molecule has 33 heavy (non-hydrogen) atoms. The summed E-state index contributed by atoms with van der Waals surface area (Å²) < 4.78 is 29.7. The average molecular weight is 467 g/mol. The molecule has 0 spiro atoms. The summed E-state index contributed by atoms with van der Waals surface area (Å²) in [6.07, 6.45) is -0.134. The molecular weight excluding hydrogens is 431 g/mol. The smallest absolute Gasteiger partial charge is 0.193 e. The third-order valence-electron chi connectivity index (χ3n) is 9.94. The lowest BCUT2D eigenvalue weighted by atomic mass is 9.43. The van der Waals surface area contributed by atoms with Gasteiger partial charge in [-0.05, 0) is 49.7 Å². The third-order valence-corrected chi connectivity index (χ3v) is 9.94. The highest BCUT2D eigenvalue weighted by Gasteiger charge is 2.79. The Kier molecular flexibility index (Phi) is 5.28. The standard InChI is InChI=1S/C25H35FO7/c1-4-5-21-32-20-10-14-15-9-17(29)16-8-13(28)6-7-22(16,2)24(15,26)18(30)11-23(14,3)25(20,33-21)19(31)12-27/h8,14-15,17-18,20-21,27,29-30H,4-7,9-12H2,1-3H3/t14-,15-,17+,18-,20+,21+,22-,23-,24-,25+/m0/s1. The maximum absolute atomic E-state index is 17.3. The van der Waals surface area contributed by atoms with Gasteiger partial charge in [0, 0.05) is 23.2 Å². The normalized spacial score (nSPS) is 53.1. The van der Waals surface area contributed by atoms with Crippen molar-refractivity contribution in [3.05, 3.63) is 11.6 Å². The number of hydrogen-bond acceptors (Lipinski definition) is 7. The SMILES string of the molecule is CCC[C@@H]1O[C@@H]2C[C@H]3[C@@H]4C[C@@H](O)C5=CC(=O)CC[C@]5(C)[C@@]4(F)[C@@H](O)C[C@]3(C)[C@]2(C(=O)CO)O1. The Morgan fingerprint density at radius 3 is 2.64 bits per heavy atom. The van der Waals surface area contributed by atoms with E-state index in [2.05, 4.69) is 0 Å². The number of aliphatic hydroxyl groups excluding tert-OH is 3. The molecule has 10 atom stereocenters. The summed E-state index contributed by atoms with van der Waals surface area (Å²) in [5.74, 6) is -1.78. The second-order valence-corrected chi connectivity index (χ2v) is 11.3. The molecule has 1 saturated heterocycles. The van der Waals surface area contributed by atoms with E-state index in [9.17, 15) is 24.9 Å². The van der Waals surface area contributed by atoms with E-state index in [1.54, 1.807) is 6.92 Å². The first-order chi connectivity index (χ1) is 15.5. The number of halogens is 1. The second kappa shape index (κ2) is 7.40. The first kappa shape index (κ1) is 23.5. The molecule has 0 aromatic heterocycles. The highest BCUT2D eigenvalue weighted by Crippen LogP contribution is 2.72. The van der Waals surface area contributed by atoms with Gasteiger partial charge in [0.2, 0.25) is 0 Å². The molecule has 5 aliphatic rings. The van der Waals surface area contributed by atoms with Gasteiger partial charge in [-0.1, -0.05) is 27.2 Å². The summed E-state index contributed by atoms with van der Waals surface area (Å²) in [4.78, 5) is 25.3. The molecule has 1 aliphatic heterocycles. The summed E-state index contributed by atoms with van der Waals surface area (Å²) in [5, 5.41) is 32.3. The zero-order valence-electron chi connectivity index (χ0n) is 19.6. The molecule has 0 amide bonds. The van der Waals surface area contributed by atoms with Crippen LogP contribution in [0.3, 0.4) is 0 Å². The fourth-order valence-corrected chi connectivity index (χ4v) is 8.40. The van der Waals surface area contributed by atoms with Crippen LogP contribution < -0.4 is 0 Å². The van der Waals surface area contributed by atoms with E-state index in [0.29, 0.717) is 18.4 Å². The molecule has 184 valence electrons. The van der Waals surface area contributed by atoms with E-state index < -0.39 is 70.9 Å². The Morgan fingerprint density at radius 1 is 1.24 bits per heavy atom. The largest absolute Gasteiger partial charge is 0.390 e. The van der Waals surface area contributed by atoms with Gasteiger partial charge in [0.05, 0.1) is 18.3 Å². The fraction of sp³-hybridized carbons (Fsp3) is 0.840. The lowest BCUT2D eigenvalue weighted by Gasteiger charge is -2.64. The lowest BCUT2D eigenvalue weighted by molar-refractivity contribution is -0.245. The summed E-state index contributed by atoms with van der Waals surface area (Å²) in [7, 11) is 0. The van der Waals surface area contributed by atoms with Gasteiger partial charge in [-0.3, -0.25) is 9.59 Å². The molecule has 0 bridgehead atoms. The molecule has 0 unspecified atom stereocenters. The highest BCUT2D eigenvalue weighted by atomic mass is 19.1. The van der Waals surface area contributed by atoms with Crippen molar-refractivity contribution in [3.63, 3.8) is 0 Å². The van der Waals surface area contributed by atoms with E-state index in [0.717, 1.165) is 6.42 Å². The van der Waals surface area contributed by atoms with Crippen LogP contribution in [0.4, 0.5) is 4.39 Å². The minimum Gasteiger partial charge on any atom is -0.390 e. The Morgan fingerprint density at radius 2 is 1.97 bits per heavy atom. The van der Waals surface area contributed by atoms with Crippen molar-refractivity contribution in [2.75, 3.05) is 6.61 Å². The van der Waals surface area contributed by atoms with Gasteiger partial charge in [0.25, 0.3) is 0 Å². The number of Topliss-reactive ketones (excluding diaryl/α,β-unsaturated/α-hetero) is 1. The number of alkyl halides is 1. The molecule has 4 fully saturated rings. The Bertz CT molecular complexity index is 905. The van der Waals surface area contributed by atoms with Gasteiger partial charge in [-0.25, -0.2) is 4.39 Å². The topological polar surface area (TPSA) is 113 Å². The van der Waals surface area contributed by atoms with Gasteiger partial charge >= 0.3 is 0 Å². The maximum atomic E-state index is 17.3. The molecule has 8 heteroatoms. The molecule has 3 N–H and O–H groups in total. The molecule has 0 aromatic rings. The summed E-state index contributed by atoms with van der Waals surface area (Å²) in [6, 6.07) is 0. The Hall–Kier alpha value is -1.19. The van der Waals surface area contributed by atoms with E-state index in [1.165, 1.54) is 6.08 Å². The van der Waals surface area contributed by atoms with Crippen LogP contribution in [0.2, 0.25) is 0 Å². The van der Waals surface area contributed by atoms with Gasteiger partial charge in [-0.15, -0.1) is 0 Å². The van der Waals surface area contributed by atoms with Crippen LogP contribution >= 0.6 is 0 Å². The van der Waals surface area contributed by atoms with Crippen molar-refractivity contribution < 1.29 is 38.8 Å².